The Balaban J connectivity index is 0.000000174. The summed E-state index contributed by atoms with van der Waals surface area (Å²) in [6.07, 6.45) is 11.1. The van der Waals surface area contributed by atoms with Crippen LogP contribution >= 0.6 is 37.2 Å². The summed E-state index contributed by atoms with van der Waals surface area (Å²) in [6, 6.07) is 0. The van der Waals surface area contributed by atoms with Gasteiger partial charge in [-0.15, -0.1) is 0 Å². The molecule has 2 heteroatoms. The molecular formula is C27H50I2. The van der Waals surface area contributed by atoms with Crippen LogP contribution in [-0.2, 0) is 0 Å². The molecule has 0 aromatic carbocycles. The number of fused-ring (bicyclic) bond motifs is 11. The monoisotopic (exact) mass is 628 g/mol. The minimum atomic E-state index is 1.05. The van der Waals surface area contributed by atoms with Gasteiger partial charge in [-0.2, -0.15) is 0 Å². The van der Waals surface area contributed by atoms with Gasteiger partial charge < -0.3 is 0 Å². The van der Waals surface area contributed by atoms with Crippen molar-refractivity contribution in [2.45, 2.75) is 100 Å². The van der Waals surface area contributed by atoms with Gasteiger partial charge in [0, 0.05) is 37.2 Å². The van der Waals surface area contributed by atoms with Crippen LogP contribution in [0.1, 0.15) is 100 Å². The summed E-state index contributed by atoms with van der Waals surface area (Å²) in [5.41, 5.74) is 0. The molecule has 0 radical (unpaired) electrons. The highest BCUT2D eigenvalue weighted by Crippen LogP contribution is 2.70. The van der Waals surface area contributed by atoms with E-state index in [4.69, 9.17) is 0 Å². The number of halogens is 2. The van der Waals surface area contributed by atoms with Crippen LogP contribution in [0, 0.1) is 71.0 Å². The highest BCUT2D eigenvalue weighted by atomic mass is 128. The molecule has 6 bridgehead atoms. The van der Waals surface area contributed by atoms with Crippen molar-refractivity contribution in [2.24, 2.45) is 71.0 Å². The SMILES string of the molecule is CC.CC.CC1C(C)C2CC1C1C3CCC(C3)C21.CC1C2CCC(C2)C1C.II. The lowest BCUT2D eigenvalue weighted by Gasteiger charge is -2.41. The highest BCUT2D eigenvalue weighted by molar-refractivity contribution is 15.0. The molecule has 0 aromatic rings. The molecule has 6 fully saturated rings. The van der Waals surface area contributed by atoms with E-state index in [9.17, 15) is 0 Å². The fraction of sp³-hybridized carbons (Fsp3) is 1.00. The van der Waals surface area contributed by atoms with Crippen molar-refractivity contribution in [3.05, 3.63) is 0 Å². The van der Waals surface area contributed by atoms with Gasteiger partial charge in [0.25, 0.3) is 0 Å². The third-order valence-corrected chi connectivity index (χ3v) is 10.6. The summed E-state index contributed by atoms with van der Waals surface area (Å²) in [7, 11) is 0. The van der Waals surface area contributed by atoms with Crippen LogP contribution in [0.2, 0.25) is 0 Å². The van der Waals surface area contributed by atoms with Crippen LogP contribution in [0.4, 0.5) is 0 Å². The first-order valence-electron chi connectivity index (χ1n) is 13.2. The van der Waals surface area contributed by atoms with Gasteiger partial charge in [0.15, 0.2) is 0 Å². The van der Waals surface area contributed by atoms with Crippen LogP contribution in [0.25, 0.3) is 0 Å². The molecule has 6 aliphatic rings. The standard InChI is InChI=1S/C14H22.C9H16.2C2H6.I2/c1-7-8(2)12-6-11(7)13-9-3-4-10(5-9)14(12)13;1-6-7(2)9-4-3-8(6)5-9;3*1-2/h7-14H,3-6H2,1-2H3;6-9H,3-5H2,1-2H3;2*1-2H3;. The van der Waals surface area contributed by atoms with E-state index in [1.54, 1.807) is 32.1 Å². The zero-order valence-corrected chi connectivity index (χ0v) is 24.9. The largest absolute Gasteiger partial charge is 0.0683 e. The zero-order valence-electron chi connectivity index (χ0n) is 20.6. The molecular weight excluding hydrogens is 578 g/mol. The van der Waals surface area contributed by atoms with E-state index < -0.39 is 0 Å². The van der Waals surface area contributed by atoms with Crippen LogP contribution in [0.3, 0.4) is 0 Å². The second-order valence-electron chi connectivity index (χ2n) is 10.8. The molecule has 0 nitrogen and oxygen atoms in total. The third-order valence-electron chi connectivity index (χ3n) is 10.6. The normalized spacial score (nSPS) is 51.5. The van der Waals surface area contributed by atoms with Crippen molar-refractivity contribution in [1.29, 1.82) is 0 Å². The Bertz CT molecular complexity index is 433. The van der Waals surface area contributed by atoms with E-state index in [2.05, 4.69) is 64.9 Å². The minimum Gasteiger partial charge on any atom is -0.0683 e. The third kappa shape index (κ3) is 4.88. The summed E-state index contributed by atoms with van der Waals surface area (Å²) in [4.78, 5) is 0. The van der Waals surface area contributed by atoms with E-state index in [1.165, 1.54) is 36.5 Å². The molecule has 172 valence electrons. The van der Waals surface area contributed by atoms with Crippen molar-refractivity contribution in [3.63, 3.8) is 0 Å². The van der Waals surface area contributed by atoms with Gasteiger partial charge in [0.05, 0.1) is 0 Å². The molecule has 0 N–H and O–H groups in total. The lowest BCUT2D eigenvalue weighted by molar-refractivity contribution is 0.0716. The van der Waals surface area contributed by atoms with Gasteiger partial charge in [0.1, 0.15) is 0 Å². The molecule has 0 amide bonds. The second-order valence-corrected chi connectivity index (χ2v) is 10.8. The summed E-state index contributed by atoms with van der Waals surface area (Å²) >= 11 is 4.24. The van der Waals surface area contributed by atoms with Crippen LogP contribution in [-0.4, -0.2) is 0 Å². The maximum atomic E-state index is 2.54. The Morgan fingerprint density at radius 1 is 0.448 bits per heavy atom. The molecule has 6 saturated carbocycles. The molecule has 0 heterocycles. The maximum absolute atomic E-state index is 2.54. The topological polar surface area (TPSA) is 0 Å². The fourth-order valence-electron chi connectivity index (χ4n) is 9.06. The average molecular weight is 629 g/mol. The quantitative estimate of drug-likeness (QED) is 0.185. The first-order valence-corrected chi connectivity index (χ1v) is 19.5. The summed E-state index contributed by atoms with van der Waals surface area (Å²) in [6.45, 7) is 18.0. The first kappa shape index (κ1) is 26.7. The number of hydrogen-bond acceptors (Lipinski definition) is 0. The predicted octanol–water partition coefficient (Wildman–Crippen LogP) is 10.1. The first-order chi connectivity index (χ1) is 14.1. The molecule has 29 heavy (non-hydrogen) atoms. The van der Waals surface area contributed by atoms with Gasteiger partial charge in [0.2, 0.25) is 0 Å². The van der Waals surface area contributed by atoms with Crippen molar-refractivity contribution in [1.82, 2.24) is 0 Å². The molecule has 6 rings (SSSR count). The molecule has 6 aliphatic carbocycles. The second kappa shape index (κ2) is 12.1. The van der Waals surface area contributed by atoms with Crippen LogP contribution in [0.5, 0.6) is 0 Å². The van der Waals surface area contributed by atoms with E-state index >= 15 is 0 Å². The Kier molecular flexibility index (Phi) is 11.1. The Morgan fingerprint density at radius 2 is 0.759 bits per heavy atom. The lowest BCUT2D eigenvalue weighted by Crippen LogP contribution is -2.35. The van der Waals surface area contributed by atoms with Gasteiger partial charge in [-0.25, -0.2) is 0 Å². The Morgan fingerprint density at radius 3 is 1.07 bits per heavy atom. The number of rotatable bonds is 0. The van der Waals surface area contributed by atoms with Gasteiger partial charge in [-0.05, 0) is 116 Å². The summed E-state index contributed by atoms with van der Waals surface area (Å²) < 4.78 is 0. The molecule has 12 unspecified atom stereocenters. The van der Waals surface area contributed by atoms with Crippen molar-refractivity contribution < 1.29 is 0 Å². The molecule has 0 spiro atoms. The van der Waals surface area contributed by atoms with E-state index in [1.807, 2.05) is 27.7 Å². The van der Waals surface area contributed by atoms with E-state index in [-0.39, 0.29) is 0 Å². The highest BCUT2D eigenvalue weighted by Gasteiger charge is 2.63. The van der Waals surface area contributed by atoms with Crippen LogP contribution < -0.4 is 0 Å². The number of hydrogen-bond donors (Lipinski definition) is 0. The lowest BCUT2D eigenvalue weighted by atomic mass is 9.64. The van der Waals surface area contributed by atoms with Crippen molar-refractivity contribution in [3.8, 4) is 0 Å². The average Bonchev–Trinajstić information content (AvgIpc) is 3.59. The van der Waals surface area contributed by atoms with Crippen LogP contribution in [0.15, 0.2) is 0 Å². The van der Waals surface area contributed by atoms with Gasteiger partial charge >= 0.3 is 0 Å². The fourth-order valence-corrected chi connectivity index (χ4v) is 9.06. The summed E-state index contributed by atoms with van der Waals surface area (Å²) in [5, 5.41) is 0. The van der Waals surface area contributed by atoms with Gasteiger partial charge in [-0.3, -0.25) is 0 Å². The Hall–Kier alpha value is 1.46. The molecule has 0 saturated heterocycles. The molecule has 0 aromatic heterocycles. The Labute approximate surface area is 207 Å². The molecule has 12 atom stereocenters. The maximum Gasteiger partial charge on any atom is 0 e. The predicted molar refractivity (Wildman–Crippen MR) is 148 cm³/mol. The minimum absolute atomic E-state index is 1.05. The van der Waals surface area contributed by atoms with E-state index in [0.717, 1.165) is 47.3 Å². The summed E-state index contributed by atoms with van der Waals surface area (Å²) in [5.74, 6) is 13.5. The zero-order chi connectivity index (χ0) is 21.9. The smallest absolute Gasteiger partial charge is 0 e. The van der Waals surface area contributed by atoms with Gasteiger partial charge in [-0.1, -0.05) is 55.4 Å². The molecule has 0 aliphatic heterocycles. The van der Waals surface area contributed by atoms with Crippen molar-refractivity contribution >= 4 is 37.2 Å². The van der Waals surface area contributed by atoms with Crippen molar-refractivity contribution in [2.75, 3.05) is 0 Å². The van der Waals surface area contributed by atoms with E-state index in [0.29, 0.717) is 0 Å².